The molecule has 1 rings (SSSR count). The Kier molecular flexibility index (Phi) is 9.53. The van der Waals surface area contributed by atoms with Gasteiger partial charge < -0.3 is 19.5 Å². The molecule has 1 aromatic carbocycles. The SMILES string of the molecule is CCCC(CCNC(=O)OCc1ccccc1)(C(=O)OC(C)(C)C)C(=O)OC(C)(C)C. The fourth-order valence-corrected chi connectivity index (χ4v) is 2.95. The summed E-state index contributed by atoms with van der Waals surface area (Å²) in [5, 5.41) is 2.63. The Morgan fingerprint density at radius 3 is 1.81 bits per heavy atom. The predicted octanol–water partition coefficient (Wildman–Crippen LogP) is 4.77. The maximum absolute atomic E-state index is 13.1. The zero-order valence-corrected chi connectivity index (χ0v) is 19.9. The molecular formula is C24H37NO6. The topological polar surface area (TPSA) is 90.9 Å². The summed E-state index contributed by atoms with van der Waals surface area (Å²) >= 11 is 0. The van der Waals surface area contributed by atoms with Gasteiger partial charge in [-0.05, 0) is 59.9 Å². The molecule has 31 heavy (non-hydrogen) atoms. The molecule has 0 unspecified atom stereocenters. The molecule has 0 radical (unpaired) electrons. The fourth-order valence-electron chi connectivity index (χ4n) is 2.95. The van der Waals surface area contributed by atoms with Gasteiger partial charge in [0, 0.05) is 6.54 Å². The van der Waals surface area contributed by atoms with Crippen LogP contribution in [0.3, 0.4) is 0 Å². The van der Waals surface area contributed by atoms with E-state index in [0.29, 0.717) is 6.42 Å². The summed E-state index contributed by atoms with van der Waals surface area (Å²) in [6.07, 6.45) is 0.238. The summed E-state index contributed by atoms with van der Waals surface area (Å²) in [5.41, 5.74) is -2.18. The van der Waals surface area contributed by atoms with Gasteiger partial charge in [-0.15, -0.1) is 0 Å². The lowest BCUT2D eigenvalue weighted by atomic mass is 9.79. The van der Waals surface area contributed by atoms with Gasteiger partial charge in [-0.3, -0.25) is 9.59 Å². The van der Waals surface area contributed by atoms with Gasteiger partial charge in [-0.2, -0.15) is 0 Å². The number of alkyl carbamates (subject to hydrolysis) is 1. The molecule has 0 aromatic heterocycles. The molecule has 0 aliphatic carbocycles. The van der Waals surface area contributed by atoms with E-state index in [0.717, 1.165) is 5.56 Å². The van der Waals surface area contributed by atoms with Gasteiger partial charge in [-0.25, -0.2) is 4.79 Å². The number of rotatable bonds is 9. The van der Waals surface area contributed by atoms with Crippen LogP contribution in [0.4, 0.5) is 4.79 Å². The van der Waals surface area contributed by atoms with Crippen molar-refractivity contribution in [3.8, 4) is 0 Å². The maximum atomic E-state index is 13.1. The van der Waals surface area contributed by atoms with E-state index in [1.807, 2.05) is 37.3 Å². The fraction of sp³-hybridized carbons (Fsp3) is 0.625. The average molecular weight is 436 g/mol. The van der Waals surface area contributed by atoms with Crippen LogP contribution in [-0.2, 0) is 30.4 Å². The highest BCUT2D eigenvalue weighted by Gasteiger charge is 2.50. The van der Waals surface area contributed by atoms with Crippen LogP contribution in [-0.4, -0.2) is 35.8 Å². The van der Waals surface area contributed by atoms with Crippen LogP contribution in [0.1, 0.15) is 73.3 Å². The number of nitrogens with one attached hydrogen (secondary N) is 1. The molecule has 7 nitrogen and oxygen atoms in total. The standard InChI is InChI=1S/C24H37NO6/c1-8-14-24(19(26)30-22(2,3)4,20(27)31-23(5,6)7)15-16-25-21(28)29-17-18-12-10-9-11-13-18/h9-13H,8,14-17H2,1-7H3,(H,25,28). The van der Waals surface area contributed by atoms with Gasteiger partial charge in [0.05, 0.1) is 0 Å². The smallest absolute Gasteiger partial charge is 0.407 e. The molecule has 0 bridgehead atoms. The largest absolute Gasteiger partial charge is 0.459 e. The molecule has 1 aromatic rings. The lowest BCUT2D eigenvalue weighted by molar-refractivity contribution is -0.186. The number of carbonyl (C=O) groups is 3. The highest BCUT2D eigenvalue weighted by molar-refractivity contribution is 6.00. The first-order valence-corrected chi connectivity index (χ1v) is 10.7. The Balaban J connectivity index is 2.89. The minimum absolute atomic E-state index is 0.0467. The number of ether oxygens (including phenoxy) is 3. The second kappa shape index (κ2) is 11.2. The third-order valence-electron chi connectivity index (χ3n) is 4.29. The molecule has 0 fully saturated rings. The van der Waals surface area contributed by atoms with Gasteiger partial charge in [0.25, 0.3) is 0 Å². The summed E-state index contributed by atoms with van der Waals surface area (Å²) < 4.78 is 16.3. The van der Waals surface area contributed by atoms with Crippen LogP contribution in [0.5, 0.6) is 0 Å². The lowest BCUT2D eigenvalue weighted by Crippen LogP contribution is -2.48. The molecule has 0 heterocycles. The van der Waals surface area contributed by atoms with E-state index in [9.17, 15) is 14.4 Å². The monoisotopic (exact) mass is 435 g/mol. The highest BCUT2D eigenvalue weighted by atomic mass is 16.6. The number of carbonyl (C=O) groups excluding carboxylic acids is 3. The first-order chi connectivity index (χ1) is 14.3. The summed E-state index contributed by atoms with van der Waals surface area (Å²) in [7, 11) is 0. The second-order valence-electron chi connectivity index (χ2n) is 9.57. The van der Waals surface area contributed by atoms with E-state index < -0.39 is 34.6 Å². The molecule has 174 valence electrons. The molecular weight excluding hydrogens is 398 g/mol. The van der Waals surface area contributed by atoms with Crippen molar-refractivity contribution in [3.05, 3.63) is 35.9 Å². The van der Waals surface area contributed by atoms with Crippen LogP contribution < -0.4 is 5.32 Å². The van der Waals surface area contributed by atoms with Crippen molar-refractivity contribution in [3.63, 3.8) is 0 Å². The van der Waals surface area contributed by atoms with E-state index >= 15 is 0 Å². The van der Waals surface area contributed by atoms with E-state index in [1.165, 1.54) is 0 Å². The van der Waals surface area contributed by atoms with Crippen molar-refractivity contribution >= 4 is 18.0 Å². The Labute approximate surface area is 185 Å². The number of hydrogen-bond donors (Lipinski definition) is 1. The van der Waals surface area contributed by atoms with Gasteiger partial charge in [-0.1, -0.05) is 43.7 Å². The van der Waals surface area contributed by atoms with Crippen LogP contribution in [0.25, 0.3) is 0 Å². The van der Waals surface area contributed by atoms with Crippen molar-refractivity contribution in [1.82, 2.24) is 5.32 Å². The van der Waals surface area contributed by atoms with Crippen molar-refractivity contribution in [2.75, 3.05) is 6.54 Å². The summed E-state index contributed by atoms with van der Waals surface area (Å²) in [5.74, 6) is -1.29. The van der Waals surface area contributed by atoms with Gasteiger partial charge in [0.1, 0.15) is 17.8 Å². The molecule has 0 aliphatic rings. The van der Waals surface area contributed by atoms with E-state index in [1.54, 1.807) is 41.5 Å². The molecule has 7 heteroatoms. The lowest BCUT2D eigenvalue weighted by Gasteiger charge is -2.34. The molecule has 0 spiro atoms. The third kappa shape index (κ3) is 9.40. The van der Waals surface area contributed by atoms with Gasteiger partial charge in [0.15, 0.2) is 5.41 Å². The van der Waals surface area contributed by atoms with E-state index in [-0.39, 0.29) is 26.0 Å². The zero-order valence-electron chi connectivity index (χ0n) is 19.9. The van der Waals surface area contributed by atoms with Crippen molar-refractivity contribution in [2.45, 2.75) is 85.5 Å². The quantitative estimate of drug-likeness (QED) is 0.341. The minimum atomic E-state index is -1.51. The molecule has 1 amide bonds. The van der Waals surface area contributed by atoms with Crippen LogP contribution in [0.2, 0.25) is 0 Å². The number of hydrogen-bond acceptors (Lipinski definition) is 6. The molecule has 0 atom stereocenters. The van der Waals surface area contributed by atoms with Gasteiger partial charge >= 0.3 is 18.0 Å². The maximum Gasteiger partial charge on any atom is 0.407 e. The van der Waals surface area contributed by atoms with Crippen LogP contribution in [0.15, 0.2) is 30.3 Å². The van der Waals surface area contributed by atoms with E-state index in [2.05, 4.69) is 5.32 Å². The van der Waals surface area contributed by atoms with Crippen molar-refractivity contribution < 1.29 is 28.6 Å². The Morgan fingerprint density at radius 1 is 0.839 bits per heavy atom. The Morgan fingerprint density at radius 2 is 1.35 bits per heavy atom. The average Bonchev–Trinajstić information content (AvgIpc) is 2.63. The van der Waals surface area contributed by atoms with Crippen LogP contribution >= 0.6 is 0 Å². The van der Waals surface area contributed by atoms with Crippen molar-refractivity contribution in [1.29, 1.82) is 0 Å². The summed E-state index contributed by atoms with van der Waals surface area (Å²) in [4.78, 5) is 38.3. The third-order valence-corrected chi connectivity index (χ3v) is 4.29. The Hall–Kier alpha value is -2.57. The second-order valence-corrected chi connectivity index (χ2v) is 9.57. The van der Waals surface area contributed by atoms with Crippen molar-refractivity contribution in [2.24, 2.45) is 5.41 Å². The summed E-state index contributed by atoms with van der Waals surface area (Å²) in [6, 6.07) is 9.30. The Bertz CT molecular complexity index is 703. The predicted molar refractivity (Wildman–Crippen MR) is 118 cm³/mol. The molecule has 0 saturated heterocycles. The number of amides is 1. The van der Waals surface area contributed by atoms with Crippen LogP contribution in [0, 0.1) is 5.41 Å². The minimum Gasteiger partial charge on any atom is -0.459 e. The van der Waals surface area contributed by atoms with Gasteiger partial charge in [0.2, 0.25) is 0 Å². The van der Waals surface area contributed by atoms with E-state index in [4.69, 9.17) is 14.2 Å². The normalized spacial score (nSPS) is 12.1. The zero-order chi connectivity index (χ0) is 23.7. The first-order valence-electron chi connectivity index (χ1n) is 10.7. The first kappa shape index (κ1) is 26.5. The highest BCUT2D eigenvalue weighted by Crippen LogP contribution is 2.35. The molecule has 0 aliphatic heterocycles. The summed E-state index contributed by atoms with van der Waals surface area (Å²) in [6.45, 7) is 12.5. The number of benzene rings is 1. The molecule has 0 saturated carbocycles. The number of esters is 2. The molecule has 1 N–H and O–H groups in total.